The van der Waals surface area contributed by atoms with Crippen LogP contribution in [0.15, 0.2) is 59.2 Å². The molecule has 1 fully saturated rings. The van der Waals surface area contributed by atoms with Crippen molar-refractivity contribution in [3.63, 3.8) is 0 Å². The molecule has 8 heteroatoms. The number of carbonyl (C=O) groups is 1. The predicted octanol–water partition coefficient (Wildman–Crippen LogP) is 4.63. The number of aromatic nitrogens is 1. The fraction of sp³-hybridized carbons (Fsp3) is 0.273. The third-order valence-electron chi connectivity index (χ3n) is 5.12. The van der Waals surface area contributed by atoms with E-state index in [4.69, 9.17) is 4.42 Å². The van der Waals surface area contributed by atoms with Crippen LogP contribution in [-0.2, 0) is 6.18 Å². The smallest absolute Gasteiger partial charge is 0.416 e. The lowest BCUT2D eigenvalue weighted by Crippen LogP contribution is -2.48. The van der Waals surface area contributed by atoms with Crippen molar-refractivity contribution in [1.29, 1.82) is 0 Å². The molecular weight excluding hydrogens is 395 g/mol. The maximum Gasteiger partial charge on any atom is 0.416 e. The van der Waals surface area contributed by atoms with E-state index in [1.165, 1.54) is 24.0 Å². The number of nitrogens with zero attached hydrogens (tertiary/aromatic N) is 3. The summed E-state index contributed by atoms with van der Waals surface area (Å²) < 4.78 is 43.4. The molecule has 1 aromatic heterocycles. The molecule has 0 unspecified atom stereocenters. The Hall–Kier alpha value is -3.29. The Bertz CT molecular complexity index is 1040. The van der Waals surface area contributed by atoms with Crippen LogP contribution < -0.4 is 4.90 Å². The fourth-order valence-electron chi connectivity index (χ4n) is 3.46. The first-order chi connectivity index (χ1) is 14.3. The fourth-order valence-corrected chi connectivity index (χ4v) is 3.46. The summed E-state index contributed by atoms with van der Waals surface area (Å²) in [6.07, 6.45) is -3.15. The van der Waals surface area contributed by atoms with Crippen molar-refractivity contribution in [2.24, 2.45) is 0 Å². The van der Waals surface area contributed by atoms with E-state index in [-0.39, 0.29) is 17.5 Å². The van der Waals surface area contributed by atoms with Crippen LogP contribution in [0.25, 0.3) is 11.5 Å². The SMILES string of the molecule is Cc1cccc(N2CCN(C(=O)c3coc(-c4ccc(C(F)(F)F)cc4)n3)CC2)c1. The van der Waals surface area contributed by atoms with Crippen LogP contribution in [0.3, 0.4) is 0 Å². The standard InChI is InChI=1S/C22H20F3N3O2/c1-15-3-2-4-18(13-15)27-9-11-28(12-10-27)21(29)19-14-30-20(26-19)16-5-7-17(8-6-16)22(23,24)25/h2-8,13-14H,9-12H2,1H3. The minimum Gasteiger partial charge on any atom is -0.444 e. The Morgan fingerprint density at radius 2 is 1.73 bits per heavy atom. The van der Waals surface area contributed by atoms with Gasteiger partial charge in [-0.2, -0.15) is 13.2 Å². The summed E-state index contributed by atoms with van der Waals surface area (Å²) in [7, 11) is 0. The van der Waals surface area contributed by atoms with Crippen molar-refractivity contribution in [1.82, 2.24) is 9.88 Å². The molecule has 0 atom stereocenters. The molecule has 2 heterocycles. The van der Waals surface area contributed by atoms with Crippen molar-refractivity contribution < 1.29 is 22.4 Å². The van der Waals surface area contributed by atoms with Crippen LogP contribution in [0.2, 0.25) is 0 Å². The molecule has 0 radical (unpaired) electrons. The zero-order valence-electron chi connectivity index (χ0n) is 16.3. The van der Waals surface area contributed by atoms with Gasteiger partial charge in [-0.15, -0.1) is 0 Å². The maximum atomic E-state index is 12.8. The Kier molecular flexibility index (Phi) is 5.24. The summed E-state index contributed by atoms with van der Waals surface area (Å²) in [5.74, 6) is -0.133. The number of halogens is 3. The quantitative estimate of drug-likeness (QED) is 0.626. The number of rotatable bonds is 3. The number of carbonyl (C=O) groups excluding carboxylic acids is 1. The largest absolute Gasteiger partial charge is 0.444 e. The molecule has 156 valence electrons. The van der Waals surface area contributed by atoms with E-state index in [9.17, 15) is 18.0 Å². The number of alkyl halides is 3. The lowest BCUT2D eigenvalue weighted by Gasteiger charge is -2.35. The Balaban J connectivity index is 1.41. The minimum absolute atomic E-state index is 0.116. The average Bonchev–Trinajstić information content (AvgIpc) is 3.23. The normalized spacial score (nSPS) is 14.8. The van der Waals surface area contributed by atoms with Gasteiger partial charge in [-0.25, -0.2) is 4.98 Å². The molecule has 30 heavy (non-hydrogen) atoms. The van der Waals surface area contributed by atoms with E-state index >= 15 is 0 Å². The molecule has 1 aliphatic heterocycles. The first-order valence-electron chi connectivity index (χ1n) is 9.55. The first-order valence-corrected chi connectivity index (χ1v) is 9.55. The molecule has 1 aliphatic rings. The van der Waals surface area contributed by atoms with Crippen LogP contribution in [0.1, 0.15) is 21.6 Å². The van der Waals surface area contributed by atoms with E-state index in [1.54, 1.807) is 4.90 Å². The summed E-state index contributed by atoms with van der Waals surface area (Å²) in [5.41, 5.74) is 2.10. The Morgan fingerprint density at radius 1 is 1.03 bits per heavy atom. The van der Waals surface area contributed by atoms with Crippen LogP contribution in [-0.4, -0.2) is 42.0 Å². The highest BCUT2D eigenvalue weighted by atomic mass is 19.4. The van der Waals surface area contributed by atoms with E-state index in [0.29, 0.717) is 31.7 Å². The molecule has 4 rings (SSSR count). The number of hydrogen-bond acceptors (Lipinski definition) is 4. The van der Waals surface area contributed by atoms with E-state index in [1.807, 2.05) is 19.1 Å². The van der Waals surface area contributed by atoms with Gasteiger partial charge in [0.05, 0.1) is 5.56 Å². The highest BCUT2D eigenvalue weighted by Crippen LogP contribution is 2.31. The van der Waals surface area contributed by atoms with Gasteiger partial charge in [0.2, 0.25) is 5.89 Å². The average molecular weight is 415 g/mol. The Labute approximate surface area is 171 Å². The van der Waals surface area contributed by atoms with Crippen LogP contribution in [0, 0.1) is 6.92 Å². The van der Waals surface area contributed by atoms with E-state index in [0.717, 1.165) is 17.8 Å². The van der Waals surface area contributed by atoms with Gasteiger partial charge in [0.25, 0.3) is 5.91 Å². The molecule has 5 nitrogen and oxygen atoms in total. The number of aryl methyl sites for hydroxylation is 1. The van der Waals surface area contributed by atoms with Gasteiger partial charge < -0.3 is 14.2 Å². The molecule has 1 saturated heterocycles. The molecule has 0 N–H and O–H groups in total. The predicted molar refractivity (Wildman–Crippen MR) is 106 cm³/mol. The number of anilines is 1. The number of piperazine rings is 1. The third-order valence-corrected chi connectivity index (χ3v) is 5.12. The molecule has 0 bridgehead atoms. The second kappa shape index (κ2) is 7.85. The second-order valence-corrected chi connectivity index (χ2v) is 7.23. The van der Waals surface area contributed by atoms with Gasteiger partial charge >= 0.3 is 6.18 Å². The topological polar surface area (TPSA) is 49.6 Å². The summed E-state index contributed by atoms with van der Waals surface area (Å²) >= 11 is 0. The van der Waals surface area contributed by atoms with Gasteiger partial charge in [0, 0.05) is 37.4 Å². The zero-order valence-corrected chi connectivity index (χ0v) is 16.3. The van der Waals surface area contributed by atoms with Gasteiger partial charge in [0.1, 0.15) is 6.26 Å². The molecule has 2 aromatic carbocycles. The molecular formula is C22H20F3N3O2. The number of benzene rings is 2. The summed E-state index contributed by atoms with van der Waals surface area (Å²) in [6, 6.07) is 12.7. The van der Waals surface area contributed by atoms with Gasteiger partial charge in [-0.3, -0.25) is 4.79 Å². The van der Waals surface area contributed by atoms with Crippen molar-refractivity contribution in [3.05, 3.63) is 71.6 Å². The Morgan fingerprint density at radius 3 is 2.37 bits per heavy atom. The minimum atomic E-state index is -4.41. The third kappa shape index (κ3) is 4.17. The first kappa shape index (κ1) is 20.0. The molecule has 1 amide bonds. The second-order valence-electron chi connectivity index (χ2n) is 7.23. The lowest BCUT2D eigenvalue weighted by molar-refractivity contribution is -0.137. The molecule has 0 spiro atoms. The number of hydrogen-bond donors (Lipinski definition) is 0. The van der Waals surface area contributed by atoms with Gasteiger partial charge in [0.15, 0.2) is 5.69 Å². The highest BCUT2D eigenvalue weighted by molar-refractivity contribution is 5.92. The van der Waals surface area contributed by atoms with Crippen molar-refractivity contribution >= 4 is 11.6 Å². The molecule has 0 saturated carbocycles. The van der Waals surface area contributed by atoms with Crippen LogP contribution >= 0.6 is 0 Å². The zero-order chi connectivity index (χ0) is 21.3. The van der Waals surface area contributed by atoms with Gasteiger partial charge in [-0.05, 0) is 48.9 Å². The van der Waals surface area contributed by atoms with Gasteiger partial charge in [-0.1, -0.05) is 12.1 Å². The highest BCUT2D eigenvalue weighted by Gasteiger charge is 2.30. The monoisotopic (exact) mass is 415 g/mol. The van der Waals surface area contributed by atoms with Crippen molar-refractivity contribution in [2.75, 3.05) is 31.1 Å². The summed E-state index contributed by atoms with van der Waals surface area (Å²) in [5, 5.41) is 0. The lowest BCUT2D eigenvalue weighted by atomic mass is 10.1. The van der Waals surface area contributed by atoms with Crippen molar-refractivity contribution in [3.8, 4) is 11.5 Å². The number of amides is 1. The van der Waals surface area contributed by atoms with Crippen LogP contribution in [0.5, 0.6) is 0 Å². The van der Waals surface area contributed by atoms with Crippen LogP contribution in [0.4, 0.5) is 18.9 Å². The van der Waals surface area contributed by atoms with E-state index in [2.05, 4.69) is 22.0 Å². The molecule has 0 aliphatic carbocycles. The molecule has 3 aromatic rings. The maximum absolute atomic E-state index is 12.8. The number of oxazole rings is 1. The van der Waals surface area contributed by atoms with Crippen molar-refractivity contribution in [2.45, 2.75) is 13.1 Å². The van der Waals surface area contributed by atoms with E-state index < -0.39 is 11.7 Å². The summed E-state index contributed by atoms with van der Waals surface area (Å²) in [6.45, 7) is 4.56. The summed E-state index contributed by atoms with van der Waals surface area (Å²) in [4.78, 5) is 20.9.